The summed E-state index contributed by atoms with van der Waals surface area (Å²) in [4.78, 5) is 10.9. The highest BCUT2D eigenvalue weighted by atomic mass is 79.9. The molecular formula is C12H10BrNO3. The minimum atomic E-state index is -0.822. The first-order valence-corrected chi connectivity index (χ1v) is 5.66. The number of benzene rings is 1. The van der Waals surface area contributed by atoms with Gasteiger partial charge in [-0.15, -0.1) is 0 Å². The van der Waals surface area contributed by atoms with Crippen molar-refractivity contribution in [2.45, 2.75) is 6.92 Å². The van der Waals surface area contributed by atoms with Crippen molar-refractivity contribution in [2.24, 2.45) is 0 Å². The van der Waals surface area contributed by atoms with E-state index in [1.54, 1.807) is 31.2 Å². The Morgan fingerprint density at radius 1 is 1.47 bits per heavy atom. The summed E-state index contributed by atoms with van der Waals surface area (Å²) >= 11 is 3.29. The van der Waals surface area contributed by atoms with Gasteiger partial charge in [0.1, 0.15) is 12.3 Å². The van der Waals surface area contributed by atoms with Gasteiger partial charge in [0.05, 0.1) is 12.2 Å². The van der Waals surface area contributed by atoms with Crippen LogP contribution >= 0.6 is 15.9 Å². The van der Waals surface area contributed by atoms with E-state index >= 15 is 0 Å². The van der Waals surface area contributed by atoms with Crippen LogP contribution in [0.15, 0.2) is 35.0 Å². The molecule has 0 amide bonds. The molecule has 0 bridgehead atoms. The number of carbonyl (C=O) groups is 1. The average Bonchev–Trinajstić information content (AvgIpc) is 2.32. The fraction of sp³-hybridized carbons (Fsp3) is 0.167. The number of rotatable bonds is 3. The van der Waals surface area contributed by atoms with Gasteiger partial charge in [-0.1, -0.05) is 28.1 Å². The molecule has 0 radical (unpaired) electrons. The molecule has 0 unspecified atom stereocenters. The van der Waals surface area contributed by atoms with Gasteiger partial charge in [-0.25, -0.2) is 4.79 Å². The number of allylic oxidation sites excluding steroid dienone is 1. The second kappa shape index (κ2) is 6.71. The predicted molar refractivity (Wildman–Crippen MR) is 65.8 cm³/mol. The second-order valence-electron chi connectivity index (χ2n) is 2.95. The van der Waals surface area contributed by atoms with Crippen LogP contribution in [0.5, 0.6) is 0 Å². The molecule has 1 rings (SSSR count). The lowest BCUT2D eigenvalue weighted by Gasteiger charge is -2.01. The minimum absolute atomic E-state index is 0.229. The van der Waals surface area contributed by atoms with Crippen molar-refractivity contribution in [3.8, 4) is 6.07 Å². The third-order valence-electron chi connectivity index (χ3n) is 1.81. The maximum absolute atomic E-state index is 10.9. The van der Waals surface area contributed by atoms with E-state index < -0.39 is 6.16 Å². The molecule has 0 aromatic heterocycles. The molecule has 88 valence electrons. The number of ether oxygens (including phenoxy) is 2. The maximum atomic E-state index is 10.9. The van der Waals surface area contributed by atoms with E-state index in [0.717, 1.165) is 10.7 Å². The molecule has 0 saturated heterocycles. The minimum Gasteiger partial charge on any atom is -0.434 e. The summed E-state index contributed by atoms with van der Waals surface area (Å²) in [6, 6.07) is 9.03. The van der Waals surface area contributed by atoms with Crippen molar-refractivity contribution in [2.75, 3.05) is 6.61 Å². The number of carbonyl (C=O) groups excluding carboxylic acids is 1. The summed E-state index contributed by atoms with van der Waals surface area (Å²) in [5.74, 6) is 0. The molecule has 0 aliphatic rings. The smallest absolute Gasteiger partial charge is 0.434 e. The summed E-state index contributed by atoms with van der Waals surface area (Å²) in [6.45, 7) is 1.90. The van der Waals surface area contributed by atoms with E-state index in [4.69, 9.17) is 5.26 Å². The highest BCUT2D eigenvalue weighted by Gasteiger charge is 2.04. The van der Waals surface area contributed by atoms with Crippen LogP contribution in [-0.4, -0.2) is 12.8 Å². The molecule has 17 heavy (non-hydrogen) atoms. The van der Waals surface area contributed by atoms with Gasteiger partial charge in [-0.3, -0.25) is 0 Å². The summed E-state index contributed by atoms with van der Waals surface area (Å²) in [7, 11) is 0. The lowest BCUT2D eigenvalue weighted by molar-refractivity contribution is 0.0897. The molecular weight excluding hydrogens is 286 g/mol. The summed E-state index contributed by atoms with van der Waals surface area (Å²) in [5, 5.41) is 8.93. The largest absolute Gasteiger partial charge is 0.513 e. The first-order valence-electron chi connectivity index (χ1n) is 4.87. The number of nitrogens with zero attached hydrogens (tertiary/aromatic N) is 1. The Hall–Kier alpha value is -1.80. The maximum Gasteiger partial charge on any atom is 0.513 e. The molecule has 0 saturated carbocycles. The molecule has 1 aromatic carbocycles. The molecule has 0 aliphatic carbocycles. The normalized spacial score (nSPS) is 10.5. The molecule has 4 nitrogen and oxygen atoms in total. The van der Waals surface area contributed by atoms with Crippen LogP contribution in [0.2, 0.25) is 0 Å². The second-order valence-corrected chi connectivity index (χ2v) is 3.87. The quantitative estimate of drug-likeness (QED) is 0.486. The van der Waals surface area contributed by atoms with E-state index in [0.29, 0.717) is 5.56 Å². The summed E-state index contributed by atoms with van der Waals surface area (Å²) in [6.07, 6.45) is 0.263. The SMILES string of the molecule is CCOC(=O)O/C=C(\C#N)c1ccc(Br)cc1. The van der Waals surface area contributed by atoms with Crippen molar-refractivity contribution in [3.05, 3.63) is 40.6 Å². The Morgan fingerprint density at radius 3 is 2.65 bits per heavy atom. The van der Waals surface area contributed by atoms with Crippen molar-refractivity contribution in [1.82, 2.24) is 0 Å². The zero-order valence-corrected chi connectivity index (χ0v) is 10.7. The first kappa shape index (κ1) is 13.3. The van der Waals surface area contributed by atoms with Gasteiger partial charge in [0.2, 0.25) is 0 Å². The van der Waals surface area contributed by atoms with E-state index in [9.17, 15) is 4.79 Å². The fourth-order valence-corrected chi connectivity index (χ4v) is 1.31. The van der Waals surface area contributed by atoms with Crippen LogP contribution in [-0.2, 0) is 9.47 Å². The molecule has 1 aromatic rings. The third-order valence-corrected chi connectivity index (χ3v) is 2.34. The van der Waals surface area contributed by atoms with Crippen LogP contribution in [0.4, 0.5) is 4.79 Å². The van der Waals surface area contributed by atoms with E-state index in [-0.39, 0.29) is 12.2 Å². The molecule has 0 N–H and O–H groups in total. The van der Waals surface area contributed by atoms with Gasteiger partial charge in [-0.2, -0.15) is 5.26 Å². The fourth-order valence-electron chi connectivity index (χ4n) is 1.05. The first-order chi connectivity index (χ1) is 8.17. The molecule has 0 fully saturated rings. The topological polar surface area (TPSA) is 59.3 Å². The van der Waals surface area contributed by atoms with Crippen molar-refractivity contribution in [1.29, 1.82) is 5.26 Å². The van der Waals surface area contributed by atoms with E-state index in [1.165, 1.54) is 0 Å². The van der Waals surface area contributed by atoms with Gasteiger partial charge in [0.15, 0.2) is 0 Å². The molecule has 0 spiro atoms. The van der Waals surface area contributed by atoms with Crippen LogP contribution in [0.25, 0.3) is 5.57 Å². The monoisotopic (exact) mass is 295 g/mol. The van der Waals surface area contributed by atoms with Crippen molar-refractivity contribution < 1.29 is 14.3 Å². The predicted octanol–water partition coefficient (Wildman–Crippen LogP) is 3.49. The van der Waals surface area contributed by atoms with Gasteiger partial charge < -0.3 is 9.47 Å². The van der Waals surface area contributed by atoms with Crippen LogP contribution < -0.4 is 0 Å². The Kier molecular flexibility index (Phi) is 5.24. The lowest BCUT2D eigenvalue weighted by Crippen LogP contribution is -2.02. The van der Waals surface area contributed by atoms with Crippen LogP contribution in [0.1, 0.15) is 12.5 Å². The number of hydrogen-bond donors (Lipinski definition) is 0. The Labute approximate surface area is 108 Å². The Morgan fingerprint density at radius 2 is 2.12 bits per heavy atom. The number of nitriles is 1. The molecule has 5 heteroatoms. The standard InChI is InChI=1S/C12H10BrNO3/c1-2-16-12(15)17-8-10(7-14)9-3-5-11(13)6-4-9/h3-6,8H,2H2,1H3/b10-8+. The lowest BCUT2D eigenvalue weighted by atomic mass is 10.1. The van der Waals surface area contributed by atoms with Gasteiger partial charge in [-0.05, 0) is 24.6 Å². The summed E-state index contributed by atoms with van der Waals surface area (Å²) < 4.78 is 10.1. The Bertz CT molecular complexity index is 460. The van der Waals surface area contributed by atoms with Gasteiger partial charge in [0.25, 0.3) is 0 Å². The molecule has 0 heterocycles. The number of halogens is 1. The zero-order chi connectivity index (χ0) is 12.7. The highest BCUT2D eigenvalue weighted by Crippen LogP contribution is 2.17. The zero-order valence-electron chi connectivity index (χ0n) is 9.14. The van der Waals surface area contributed by atoms with Gasteiger partial charge >= 0.3 is 6.16 Å². The van der Waals surface area contributed by atoms with Crippen molar-refractivity contribution in [3.63, 3.8) is 0 Å². The van der Waals surface area contributed by atoms with Crippen molar-refractivity contribution >= 4 is 27.7 Å². The molecule has 0 aliphatic heterocycles. The molecule has 0 atom stereocenters. The van der Waals surface area contributed by atoms with Gasteiger partial charge in [0, 0.05) is 4.47 Å². The van der Waals surface area contributed by atoms with Crippen LogP contribution in [0, 0.1) is 11.3 Å². The number of hydrogen-bond acceptors (Lipinski definition) is 4. The Balaban J connectivity index is 2.78. The third kappa shape index (κ3) is 4.29. The average molecular weight is 296 g/mol. The summed E-state index contributed by atoms with van der Waals surface area (Å²) in [5.41, 5.74) is 0.922. The van der Waals surface area contributed by atoms with Crippen LogP contribution in [0.3, 0.4) is 0 Å². The van der Waals surface area contributed by atoms with E-state index in [1.807, 2.05) is 6.07 Å². The highest BCUT2D eigenvalue weighted by molar-refractivity contribution is 9.10. The van der Waals surface area contributed by atoms with E-state index in [2.05, 4.69) is 25.4 Å².